The summed E-state index contributed by atoms with van der Waals surface area (Å²) in [5, 5.41) is 12.0. The van der Waals surface area contributed by atoms with Gasteiger partial charge < -0.3 is 16.2 Å². The number of nitrogens with one attached hydrogen (secondary N) is 1. The summed E-state index contributed by atoms with van der Waals surface area (Å²) in [6, 6.07) is 3.21. The number of carbonyl (C=O) groups excluding carboxylic acids is 1. The second-order valence-electron chi connectivity index (χ2n) is 4.22. The summed E-state index contributed by atoms with van der Waals surface area (Å²) in [7, 11) is 0. The largest absolute Gasteiger partial charge is 0.397 e. The van der Waals surface area contributed by atoms with E-state index in [0.717, 1.165) is 19.3 Å². The maximum absolute atomic E-state index is 11.8. The average Bonchev–Trinajstić information content (AvgIpc) is 2.24. The molecule has 1 fully saturated rings. The van der Waals surface area contributed by atoms with E-state index in [1.807, 2.05) is 0 Å². The minimum absolute atomic E-state index is 0.0201. The van der Waals surface area contributed by atoms with Crippen molar-refractivity contribution in [1.82, 2.24) is 10.3 Å². The number of amides is 1. The second-order valence-corrected chi connectivity index (χ2v) is 4.22. The number of hydrogen-bond acceptors (Lipinski definition) is 4. The smallest absolute Gasteiger partial charge is 0.270 e. The van der Waals surface area contributed by atoms with Gasteiger partial charge in [0.1, 0.15) is 5.69 Å². The number of nitrogens with zero attached hydrogens (tertiary/aromatic N) is 1. The van der Waals surface area contributed by atoms with Crippen LogP contribution in [0.2, 0.25) is 0 Å². The molecule has 4 N–H and O–H groups in total. The average molecular weight is 221 g/mol. The van der Waals surface area contributed by atoms with Crippen molar-refractivity contribution in [2.75, 3.05) is 12.3 Å². The third kappa shape index (κ3) is 1.99. The van der Waals surface area contributed by atoms with Crippen molar-refractivity contribution < 1.29 is 9.90 Å². The first-order chi connectivity index (χ1) is 7.65. The molecular weight excluding hydrogens is 206 g/mol. The molecule has 1 aromatic heterocycles. The van der Waals surface area contributed by atoms with E-state index >= 15 is 0 Å². The van der Waals surface area contributed by atoms with Crippen LogP contribution in [0.4, 0.5) is 5.69 Å². The van der Waals surface area contributed by atoms with Crippen LogP contribution in [0.1, 0.15) is 29.8 Å². The highest BCUT2D eigenvalue weighted by Crippen LogP contribution is 2.31. The van der Waals surface area contributed by atoms with Crippen molar-refractivity contribution in [3.05, 3.63) is 24.0 Å². The Morgan fingerprint density at radius 2 is 2.31 bits per heavy atom. The molecule has 5 nitrogen and oxygen atoms in total. The summed E-state index contributed by atoms with van der Waals surface area (Å²) in [5.74, 6) is -0.256. The maximum atomic E-state index is 11.8. The molecule has 1 aliphatic rings. The van der Waals surface area contributed by atoms with Gasteiger partial charge in [-0.05, 0) is 31.4 Å². The number of aliphatic hydroxyl groups excluding tert-OH is 1. The maximum Gasteiger partial charge on any atom is 0.270 e. The van der Waals surface area contributed by atoms with Crippen molar-refractivity contribution >= 4 is 11.6 Å². The minimum Gasteiger partial charge on any atom is -0.397 e. The zero-order chi connectivity index (χ0) is 11.6. The molecule has 0 bridgehead atoms. The van der Waals surface area contributed by atoms with E-state index in [-0.39, 0.29) is 12.5 Å². The van der Waals surface area contributed by atoms with Crippen LogP contribution in [0.5, 0.6) is 0 Å². The van der Waals surface area contributed by atoms with Crippen LogP contribution in [-0.2, 0) is 0 Å². The van der Waals surface area contributed by atoms with Crippen molar-refractivity contribution in [1.29, 1.82) is 0 Å². The van der Waals surface area contributed by atoms with Gasteiger partial charge in [-0.25, -0.2) is 4.98 Å². The number of aromatic nitrogens is 1. The third-order valence-electron chi connectivity index (χ3n) is 3.01. The normalized spacial score (nSPS) is 17.6. The van der Waals surface area contributed by atoms with Crippen LogP contribution in [-0.4, -0.2) is 28.1 Å². The number of nitrogen functional groups attached to an aromatic ring is 1. The molecule has 5 heteroatoms. The van der Waals surface area contributed by atoms with Gasteiger partial charge in [-0.1, -0.05) is 0 Å². The lowest BCUT2D eigenvalue weighted by Crippen LogP contribution is -2.56. The predicted molar refractivity (Wildman–Crippen MR) is 59.8 cm³/mol. The zero-order valence-electron chi connectivity index (χ0n) is 8.94. The Morgan fingerprint density at radius 3 is 2.75 bits per heavy atom. The van der Waals surface area contributed by atoms with Gasteiger partial charge in [0.05, 0.1) is 24.0 Å². The SMILES string of the molecule is Nc1ccc(C(=O)NC2(CO)CCC2)nc1. The van der Waals surface area contributed by atoms with Gasteiger partial charge in [-0.3, -0.25) is 4.79 Å². The summed E-state index contributed by atoms with van der Waals surface area (Å²) in [6.07, 6.45) is 4.13. The minimum atomic E-state index is -0.430. The van der Waals surface area contributed by atoms with Gasteiger partial charge in [0, 0.05) is 0 Å². The number of hydrogen-bond donors (Lipinski definition) is 3. The van der Waals surface area contributed by atoms with Crippen molar-refractivity contribution in [2.45, 2.75) is 24.8 Å². The van der Waals surface area contributed by atoms with Gasteiger partial charge in [-0.2, -0.15) is 0 Å². The zero-order valence-corrected chi connectivity index (χ0v) is 8.94. The Morgan fingerprint density at radius 1 is 1.56 bits per heavy atom. The monoisotopic (exact) mass is 221 g/mol. The predicted octanol–water partition coefficient (Wildman–Crippen LogP) is 0.309. The molecule has 86 valence electrons. The lowest BCUT2D eigenvalue weighted by Gasteiger charge is -2.40. The fourth-order valence-corrected chi connectivity index (χ4v) is 1.77. The van der Waals surface area contributed by atoms with Gasteiger partial charge >= 0.3 is 0 Å². The van der Waals surface area contributed by atoms with E-state index in [9.17, 15) is 9.90 Å². The quantitative estimate of drug-likeness (QED) is 0.685. The Labute approximate surface area is 93.7 Å². The highest BCUT2D eigenvalue weighted by molar-refractivity contribution is 5.93. The fraction of sp³-hybridized carbons (Fsp3) is 0.455. The first-order valence-corrected chi connectivity index (χ1v) is 5.30. The molecule has 1 saturated carbocycles. The molecular formula is C11H15N3O2. The summed E-state index contributed by atoms with van der Waals surface area (Å²) in [4.78, 5) is 15.7. The molecule has 1 aromatic rings. The number of nitrogens with two attached hydrogens (primary N) is 1. The van der Waals surface area contributed by atoms with E-state index in [0.29, 0.717) is 11.4 Å². The number of anilines is 1. The van der Waals surface area contributed by atoms with Gasteiger partial charge in [0.2, 0.25) is 0 Å². The summed E-state index contributed by atoms with van der Waals surface area (Å²) < 4.78 is 0. The number of carbonyl (C=O) groups is 1. The lowest BCUT2D eigenvalue weighted by molar-refractivity contribution is 0.0637. The number of rotatable bonds is 3. The molecule has 1 heterocycles. The van der Waals surface area contributed by atoms with E-state index in [1.54, 1.807) is 12.1 Å². The highest BCUT2D eigenvalue weighted by atomic mass is 16.3. The highest BCUT2D eigenvalue weighted by Gasteiger charge is 2.37. The molecule has 0 spiro atoms. The fourth-order valence-electron chi connectivity index (χ4n) is 1.77. The summed E-state index contributed by atoms with van der Waals surface area (Å²) in [5.41, 5.74) is 5.91. The third-order valence-corrected chi connectivity index (χ3v) is 3.01. The Balaban J connectivity index is 2.05. The van der Waals surface area contributed by atoms with E-state index in [1.165, 1.54) is 6.20 Å². The number of aliphatic hydroxyl groups is 1. The van der Waals surface area contributed by atoms with Gasteiger partial charge in [0.15, 0.2) is 0 Å². The molecule has 0 aliphatic heterocycles. The molecule has 1 aliphatic carbocycles. The van der Waals surface area contributed by atoms with E-state index in [4.69, 9.17) is 5.73 Å². The van der Waals surface area contributed by atoms with Crippen molar-refractivity contribution in [2.24, 2.45) is 0 Å². The topological polar surface area (TPSA) is 88.2 Å². The standard InChI is InChI=1S/C11H15N3O2/c12-8-2-3-9(13-6-8)10(16)14-11(7-15)4-1-5-11/h2-3,6,15H,1,4-5,7,12H2,(H,14,16). The molecule has 0 saturated heterocycles. The molecule has 1 amide bonds. The Bertz CT molecular complexity index is 379. The summed E-state index contributed by atoms with van der Waals surface area (Å²) in [6.45, 7) is -0.0201. The number of pyridine rings is 1. The van der Waals surface area contributed by atoms with Crippen LogP contribution in [0, 0.1) is 0 Å². The molecule has 2 rings (SSSR count). The van der Waals surface area contributed by atoms with Crippen LogP contribution in [0.3, 0.4) is 0 Å². The van der Waals surface area contributed by atoms with Crippen molar-refractivity contribution in [3.63, 3.8) is 0 Å². The van der Waals surface area contributed by atoms with E-state index < -0.39 is 5.54 Å². The molecule has 16 heavy (non-hydrogen) atoms. The molecule has 0 atom stereocenters. The van der Waals surface area contributed by atoms with Crippen LogP contribution in [0.25, 0.3) is 0 Å². The Kier molecular flexibility index (Phi) is 2.78. The lowest BCUT2D eigenvalue weighted by atomic mass is 9.77. The Hall–Kier alpha value is -1.62. The molecule has 0 unspecified atom stereocenters. The first kappa shape index (κ1) is 10.9. The molecule has 0 aromatic carbocycles. The van der Waals surface area contributed by atoms with Crippen LogP contribution >= 0.6 is 0 Å². The second kappa shape index (κ2) is 4.09. The van der Waals surface area contributed by atoms with Crippen LogP contribution in [0.15, 0.2) is 18.3 Å². The van der Waals surface area contributed by atoms with Crippen LogP contribution < -0.4 is 11.1 Å². The molecule has 0 radical (unpaired) electrons. The van der Waals surface area contributed by atoms with Crippen molar-refractivity contribution in [3.8, 4) is 0 Å². The van der Waals surface area contributed by atoms with E-state index in [2.05, 4.69) is 10.3 Å². The van der Waals surface area contributed by atoms with Gasteiger partial charge in [0.25, 0.3) is 5.91 Å². The first-order valence-electron chi connectivity index (χ1n) is 5.30. The van der Waals surface area contributed by atoms with Gasteiger partial charge in [-0.15, -0.1) is 0 Å². The summed E-state index contributed by atoms with van der Waals surface area (Å²) >= 11 is 0.